The predicted molar refractivity (Wildman–Crippen MR) is 81.0 cm³/mol. The quantitative estimate of drug-likeness (QED) is 0.509. The van der Waals surface area contributed by atoms with Gasteiger partial charge in [0.05, 0.1) is 16.2 Å². The molecule has 1 aromatic heterocycles. The number of esters is 1. The second-order valence-corrected chi connectivity index (χ2v) is 5.15. The van der Waals surface area contributed by atoms with Crippen molar-refractivity contribution in [3.05, 3.63) is 56.3 Å². The van der Waals surface area contributed by atoms with Gasteiger partial charge in [-0.1, -0.05) is 6.07 Å². The summed E-state index contributed by atoms with van der Waals surface area (Å²) in [5.41, 5.74) is -0.212. The van der Waals surface area contributed by atoms with Gasteiger partial charge in [-0.25, -0.2) is 4.79 Å². The zero-order valence-corrected chi connectivity index (χ0v) is 12.3. The number of amides is 1. The summed E-state index contributed by atoms with van der Waals surface area (Å²) < 4.78 is 4.82. The van der Waals surface area contributed by atoms with Gasteiger partial charge in [0.2, 0.25) is 0 Å². The van der Waals surface area contributed by atoms with E-state index in [1.807, 2.05) is 0 Å². The average molecular weight is 331 g/mol. The molecule has 1 N–H and O–H groups in total. The highest BCUT2D eigenvalue weighted by Gasteiger charge is 2.14. The summed E-state index contributed by atoms with van der Waals surface area (Å²) in [6, 6.07) is 8.46. The van der Waals surface area contributed by atoms with E-state index in [1.54, 1.807) is 23.6 Å². The van der Waals surface area contributed by atoms with Gasteiger partial charge in [0.1, 0.15) is 10.9 Å². The minimum absolute atomic E-state index is 0.0582. The number of nitriles is 1. The van der Waals surface area contributed by atoms with E-state index >= 15 is 0 Å². The van der Waals surface area contributed by atoms with Crippen molar-refractivity contribution in [2.75, 3.05) is 11.9 Å². The van der Waals surface area contributed by atoms with E-state index in [4.69, 9.17) is 10.00 Å². The fourth-order valence-electron chi connectivity index (χ4n) is 1.63. The number of nitrogens with one attached hydrogen (secondary N) is 1. The lowest BCUT2D eigenvalue weighted by molar-refractivity contribution is -0.384. The van der Waals surface area contributed by atoms with Gasteiger partial charge in [-0.3, -0.25) is 14.9 Å². The van der Waals surface area contributed by atoms with Gasteiger partial charge in [0.15, 0.2) is 6.61 Å². The molecule has 1 amide bonds. The molecule has 9 heteroatoms. The van der Waals surface area contributed by atoms with Crippen LogP contribution < -0.4 is 5.32 Å². The highest BCUT2D eigenvalue weighted by Crippen LogP contribution is 2.21. The number of nitro groups is 1. The molecule has 8 nitrogen and oxygen atoms in total. The molecule has 1 aromatic carbocycles. The Bertz CT molecular complexity index is 795. The van der Waals surface area contributed by atoms with E-state index in [0.717, 1.165) is 12.1 Å². The Morgan fingerprint density at radius 2 is 2.17 bits per heavy atom. The number of rotatable bonds is 5. The number of ether oxygens (including phenoxy) is 1. The van der Waals surface area contributed by atoms with Crippen molar-refractivity contribution in [1.29, 1.82) is 5.26 Å². The molecule has 0 aliphatic rings. The number of carbonyl (C=O) groups is 2. The van der Waals surface area contributed by atoms with Crippen molar-refractivity contribution in [3.63, 3.8) is 0 Å². The van der Waals surface area contributed by atoms with Crippen LogP contribution in [-0.4, -0.2) is 23.4 Å². The normalized spacial score (nSPS) is 9.70. The zero-order valence-electron chi connectivity index (χ0n) is 11.5. The lowest BCUT2D eigenvalue weighted by Crippen LogP contribution is -2.21. The average Bonchev–Trinajstić information content (AvgIpc) is 3.07. The van der Waals surface area contributed by atoms with E-state index in [9.17, 15) is 19.7 Å². The molecule has 0 aliphatic carbocycles. The number of anilines is 1. The molecule has 0 saturated carbocycles. The Morgan fingerprint density at radius 3 is 2.78 bits per heavy atom. The Morgan fingerprint density at radius 1 is 1.39 bits per heavy atom. The molecule has 0 radical (unpaired) electrons. The fraction of sp³-hybridized carbons (Fsp3) is 0.0714. The van der Waals surface area contributed by atoms with Crippen molar-refractivity contribution >= 4 is 34.6 Å². The maximum Gasteiger partial charge on any atom is 0.348 e. The van der Waals surface area contributed by atoms with E-state index in [2.05, 4.69) is 5.32 Å². The number of thiophene rings is 1. The number of non-ortho nitro benzene ring substituents is 1. The van der Waals surface area contributed by atoms with E-state index < -0.39 is 23.4 Å². The fourth-order valence-corrected chi connectivity index (χ4v) is 2.25. The van der Waals surface area contributed by atoms with Crippen LogP contribution in [0.4, 0.5) is 11.4 Å². The maximum absolute atomic E-state index is 11.7. The molecule has 0 saturated heterocycles. The largest absolute Gasteiger partial charge is 0.451 e. The van der Waals surface area contributed by atoms with Gasteiger partial charge < -0.3 is 10.1 Å². The van der Waals surface area contributed by atoms with Crippen LogP contribution in [0.1, 0.15) is 15.2 Å². The van der Waals surface area contributed by atoms with Gasteiger partial charge in [-0.05, 0) is 17.5 Å². The van der Waals surface area contributed by atoms with E-state index in [0.29, 0.717) is 4.88 Å². The summed E-state index contributed by atoms with van der Waals surface area (Å²) >= 11 is 1.18. The van der Waals surface area contributed by atoms with Crippen LogP contribution in [0.3, 0.4) is 0 Å². The highest BCUT2D eigenvalue weighted by molar-refractivity contribution is 7.11. The Hall–Kier alpha value is -3.25. The minimum atomic E-state index is -0.653. The first-order valence-electron chi connectivity index (χ1n) is 6.20. The molecular formula is C14H9N3O5S. The first-order chi connectivity index (χ1) is 11.0. The van der Waals surface area contributed by atoms with Gasteiger partial charge in [0.25, 0.3) is 11.6 Å². The van der Waals surface area contributed by atoms with Crippen molar-refractivity contribution in [2.45, 2.75) is 0 Å². The SMILES string of the molecule is N#Cc1cc([N+](=O)[O-])ccc1NC(=O)COC(=O)c1cccs1. The Labute approximate surface area is 134 Å². The number of hydrogen-bond acceptors (Lipinski definition) is 7. The Kier molecular flexibility index (Phi) is 5.01. The lowest BCUT2D eigenvalue weighted by Gasteiger charge is -2.07. The first kappa shape index (κ1) is 16.1. The van der Waals surface area contributed by atoms with Crippen LogP contribution in [0.2, 0.25) is 0 Å². The summed E-state index contributed by atoms with van der Waals surface area (Å²) in [7, 11) is 0. The number of carbonyl (C=O) groups excluding carboxylic acids is 2. The van der Waals surface area contributed by atoms with Crippen molar-refractivity contribution in [2.24, 2.45) is 0 Å². The Balaban J connectivity index is 1.99. The lowest BCUT2D eigenvalue weighted by atomic mass is 10.1. The molecule has 0 fully saturated rings. The monoisotopic (exact) mass is 331 g/mol. The molecular weight excluding hydrogens is 322 g/mol. The third kappa shape index (κ3) is 4.12. The molecule has 2 rings (SSSR count). The number of hydrogen-bond donors (Lipinski definition) is 1. The zero-order chi connectivity index (χ0) is 16.8. The molecule has 116 valence electrons. The first-order valence-corrected chi connectivity index (χ1v) is 7.08. The molecule has 1 heterocycles. The summed E-state index contributed by atoms with van der Waals surface area (Å²) in [4.78, 5) is 33.7. The molecule has 23 heavy (non-hydrogen) atoms. The summed E-state index contributed by atoms with van der Waals surface area (Å²) in [6.45, 7) is -0.529. The van der Waals surface area contributed by atoms with Gasteiger partial charge >= 0.3 is 5.97 Å². The van der Waals surface area contributed by atoms with Gasteiger partial charge in [0, 0.05) is 12.1 Å². The van der Waals surface area contributed by atoms with Crippen molar-refractivity contribution < 1.29 is 19.2 Å². The third-order valence-corrected chi connectivity index (χ3v) is 3.52. The molecule has 0 atom stereocenters. The summed E-state index contributed by atoms with van der Waals surface area (Å²) in [6.07, 6.45) is 0. The third-order valence-electron chi connectivity index (χ3n) is 2.67. The number of nitrogens with zero attached hydrogens (tertiary/aromatic N) is 2. The summed E-state index contributed by atoms with van der Waals surface area (Å²) in [5, 5.41) is 23.7. The van der Waals surface area contributed by atoms with E-state index in [1.165, 1.54) is 17.4 Å². The van der Waals surface area contributed by atoms with Crippen LogP contribution >= 0.6 is 11.3 Å². The van der Waals surface area contributed by atoms with Crippen LogP contribution in [0.15, 0.2) is 35.7 Å². The van der Waals surface area contributed by atoms with Crippen LogP contribution in [0, 0.1) is 21.4 Å². The van der Waals surface area contributed by atoms with Gasteiger partial charge in [-0.2, -0.15) is 5.26 Å². The molecule has 0 spiro atoms. The molecule has 0 unspecified atom stereocenters. The van der Waals surface area contributed by atoms with Crippen LogP contribution in [0.5, 0.6) is 0 Å². The highest BCUT2D eigenvalue weighted by atomic mass is 32.1. The topological polar surface area (TPSA) is 122 Å². The van der Waals surface area contributed by atoms with Crippen molar-refractivity contribution in [3.8, 4) is 6.07 Å². The van der Waals surface area contributed by atoms with Gasteiger partial charge in [-0.15, -0.1) is 11.3 Å². The minimum Gasteiger partial charge on any atom is -0.451 e. The number of nitro benzene ring substituents is 1. The molecule has 0 aliphatic heterocycles. The predicted octanol–water partition coefficient (Wildman–Crippen LogP) is 2.32. The summed E-state index contributed by atoms with van der Waals surface area (Å²) in [5.74, 6) is -1.28. The second-order valence-electron chi connectivity index (χ2n) is 4.20. The van der Waals surface area contributed by atoms with Crippen LogP contribution in [0.25, 0.3) is 0 Å². The standard InChI is InChI=1S/C14H9N3O5S/c15-7-9-6-10(17(20)21)3-4-11(9)16-13(18)8-22-14(19)12-2-1-5-23-12/h1-6H,8H2,(H,16,18). The number of benzene rings is 1. The van der Waals surface area contributed by atoms with Crippen LogP contribution in [-0.2, 0) is 9.53 Å². The molecule has 2 aromatic rings. The second kappa shape index (κ2) is 7.15. The molecule has 0 bridgehead atoms. The van der Waals surface area contributed by atoms with Crippen molar-refractivity contribution in [1.82, 2.24) is 0 Å². The maximum atomic E-state index is 11.7. The smallest absolute Gasteiger partial charge is 0.348 e. The van der Waals surface area contributed by atoms with E-state index in [-0.39, 0.29) is 16.9 Å².